The molecule has 0 bridgehead atoms. The molecule has 1 saturated heterocycles. The molecule has 5 rings (SSSR count). The molecule has 4 aromatic carbocycles. The van der Waals surface area contributed by atoms with Crippen molar-refractivity contribution in [3.05, 3.63) is 133 Å². The number of hydrogen-bond donors (Lipinski definition) is 1. The second kappa shape index (κ2) is 12.8. The lowest BCUT2D eigenvalue weighted by atomic mass is 10.1. The van der Waals surface area contributed by atoms with Crippen molar-refractivity contribution >= 4 is 58.5 Å². The van der Waals surface area contributed by atoms with Gasteiger partial charge in [-0.2, -0.15) is 0 Å². The zero-order valence-electron chi connectivity index (χ0n) is 22.2. The topological polar surface area (TPSA) is 128 Å². The second-order valence-corrected chi connectivity index (χ2v) is 10.0. The third-order valence-corrected chi connectivity index (χ3v) is 7.02. The number of non-ortho nitro benzene ring substituents is 1. The van der Waals surface area contributed by atoms with E-state index in [-0.39, 0.29) is 35.2 Å². The number of nitro groups is 1. The molecule has 1 N–H and O–H groups in total. The fraction of sp³-hybridized carbons (Fsp3) is 0.0645. The molecule has 0 atom stereocenters. The van der Waals surface area contributed by atoms with E-state index in [0.29, 0.717) is 27.6 Å². The summed E-state index contributed by atoms with van der Waals surface area (Å²) in [4.78, 5) is 49.7. The molecule has 1 aliphatic heterocycles. The summed E-state index contributed by atoms with van der Waals surface area (Å²) in [6.45, 7) is 0.340. The number of imide groups is 2. The van der Waals surface area contributed by atoms with Crippen molar-refractivity contribution in [3.8, 4) is 11.5 Å². The van der Waals surface area contributed by atoms with Crippen molar-refractivity contribution in [2.45, 2.75) is 13.2 Å². The van der Waals surface area contributed by atoms with Crippen LogP contribution in [0.15, 0.2) is 96.6 Å². The van der Waals surface area contributed by atoms with E-state index in [2.05, 4.69) is 5.32 Å². The van der Waals surface area contributed by atoms with Gasteiger partial charge >= 0.3 is 6.03 Å². The molecule has 12 heteroatoms. The monoisotopic (exact) mass is 617 g/mol. The quantitative estimate of drug-likeness (QED) is 0.0954. The molecule has 216 valence electrons. The van der Waals surface area contributed by atoms with Crippen LogP contribution in [0.5, 0.6) is 11.5 Å². The Balaban J connectivity index is 1.27. The summed E-state index contributed by atoms with van der Waals surface area (Å²) in [7, 11) is 0. The van der Waals surface area contributed by atoms with Crippen molar-refractivity contribution in [3.63, 3.8) is 0 Å². The molecular formula is C31H21Cl2N3O7. The number of nitrogens with one attached hydrogen (secondary N) is 1. The highest BCUT2D eigenvalue weighted by Crippen LogP contribution is 2.29. The zero-order valence-corrected chi connectivity index (χ0v) is 23.7. The minimum atomic E-state index is -0.884. The Kier molecular flexibility index (Phi) is 8.70. The number of amides is 4. The van der Waals surface area contributed by atoms with Gasteiger partial charge in [-0.3, -0.25) is 25.0 Å². The molecule has 10 nitrogen and oxygen atoms in total. The minimum Gasteiger partial charge on any atom is -0.489 e. The number of halogens is 2. The van der Waals surface area contributed by atoms with E-state index in [0.717, 1.165) is 10.5 Å². The van der Waals surface area contributed by atoms with Gasteiger partial charge in [0.05, 0.1) is 15.6 Å². The van der Waals surface area contributed by atoms with Crippen LogP contribution in [0.2, 0.25) is 10.0 Å². The van der Waals surface area contributed by atoms with E-state index < -0.39 is 22.8 Å². The van der Waals surface area contributed by atoms with E-state index in [1.54, 1.807) is 42.5 Å². The Bertz CT molecular complexity index is 1760. The molecular weight excluding hydrogens is 597 g/mol. The molecule has 1 fully saturated rings. The van der Waals surface area contributed by atoms with Crippen LogP contribution in [0, 0.1) is 10.1 Å². The van der Waals surface area contributed by atoms with Crippen LogP contribution in [0.3, 0.4) is 0 Å². The number of nitro benzene ring substituents is 1. The summed E-state index contributed by atoms with van der Waals surface area (Å²) in [5.74, 6) is -0.838. The van der Waals surface area contributed by atoms with Gasteiger partial charge in [-0.05, 0) is 71.8 Å². The fourth-order valence-electron chi connectivity index (χ4n) is 4.13. The molecule has 0 radical (unpaired) electrons. The largest absolute Gasteiger partial charge is 0.489 e. The Morgan fingerprint density at radius 2 is 1.56 bits per heavy atom. The van der Waals surface area contributed by atoms with Gasteiger partial charge in [0.25, 0.3) is 17.5 Å². The molecule has 0 spiro atoms. The highest BCUT2D eigenvalue weighted by atomic mass is 35.5. The number of hydrogen-bond acceptors (Lipinski definition) is 7. The summed E-state index contributed by atoms with van der Waals surface area (Å²) in [6, 6.07) is 23.2. The van der Waals surface area contributed by atoms with Crippen LogP contribution < -0.4 is 19.7 Å². The number of barbiturate groups is 1. The van der Waals surface area contributed by atoms with E-state index in [1.165, 1.54) is 36.4 Å². The van der Waals surface area contributed by atoms with Crippen molar-refractivity contribution in [1.29, 1.82) is 0 Å². The first-order valence-corrected chi connectivity index (χ1v) is 13.5. The number of carbonyl (C=O) groups excluding carboxylic acids is 3. The van der Waals surface area contributed by atoms with Crippen LogP contribution in [0.25, 0.3) is 6.08 Å². The SMILES string of the molecule is O=C1NC(=O)N(c2ccc(OCc3ccccc3Cl)cc2)C(=O)/C1=C/c1ccc(OCc2ccc([N+](=O)[O-])cc2)c(Cl)c1. The number of nitrogens with zero attached hydrogens (tertiary/aromatic N) is 2. The minimum absolute atomic E-state index is 0.0312. The van der Waals surface area contributed by atoms with Crippen molar-refractivity contribution < 1.29 is 28.8 Å². The summed E-state index contributed by atoms with van der Waals surface area (Å²) in [5, 5.41) is 13.8. The van der Waals surface area contributed by atoms with Gasteiger partial charge in [0.15, 0.2) is 0 Å². The number of urea groups is 1. The Morgan fingerprint density at radius 1 is 0.837 bits per heavy atom. The molecule has 0 unspecified atom stereocenters. The number of anilines is 1. The van der Waals surface area contributed by atoms with Crippen LogP contribution in [0.4, 0.5) is 16.2 Å². The molecule has 1 heterocycles. The van der Waals surface area contributed by atoms with Gasteiger partial charge in [-0.15, -0.1) is 0 Å². The van der Waals surface area contributed by atoms with Gasteiger partial charge < -0.3 is 9.47 Å². The maximum atomic E-state index is 13.3. The average molecular weight is 618 g/mol. The molecule has 4 aromatic rings. The highest BCUT2D eigenvalue weighted by Gasteiger charge is 2.36. The summed E-state index contributed by atoms with van der Waals surface area (Å²) in [6.07, 6.45) is 1.32. The first-order chi connectivity index (χ1) is 20.7. The Labute approximate surface area is 255 Å². The zero-order chi connectivity index (χ0) is 30.5. The van der Waals surface area contributed by atoms with E-state index in [1.807, 2.05) is 18.2 Å². The molecule has 0 aliphatic carbocycles. The van der Waals surface area contributed by atoms with Gasteiger partial charge in [-0.25, -0.2) is 9.69 Å². The van der Waals surface area contributed by atoms with Gasteiger partial charge in [-0.1, -0.05) is 47.5 Å². The number of ether oxygens (including phenoxy) is 2. The van der Waals surface area contributed by atoms with E-state index in [9.17, 15) is 24.5 Å². The Morgan fingerprint density at radius 3 is 2.23 bits per heavy atom. The van der Waals surface area contributed by atoms with Crippen LogP contribution in [-0.2, 0) is 22.8 Å². The lowest BCUT2D eigenvalue weighted by molar-refractivity contribution is -0.384. The number of carbonyl (C=O) groups is 3. The second-order valence-electron chi connectivity index (χ2n) is 9.23. The highest BCUT2D eigenvalue weighted by molar-refractivity contribution is 6.39. The molecule has 4 amide bonds. The predicted octanol–water partition coefficient (Wildman–Crippen LogP) is 6.73. The van der Waals surface area contributed by atoms with Crippen molar-refractivity contribution in [2.24, 2.45) is 0 Å². The molecule has 1 aliphatic rings. The normalized spacial score (nSPS) is 14.0. The van der Waals surface area contributed by atoms with Crippen LogP contribution >= 0.6 is 23.2 Å². The first-order valence-electron chi connectivity index (χ1n) is 12.7. The van der Waals surface area contributed by atoms with Crippen LogP contribution in [-0.4, -0.2) is 22.8 Å². The molecule has 0 aromatic heterocycles. The van der Waals surface area contributed by atoms with E-state index in [4.69, 9.17) is 32.7 Å². The number of benzene rings is 4. The summed E-state index contributed by atoms with van der Waals surface area (Å²) >= 11 is 12.5. The third kappa shape index (κ3) is 6.83. The lowest BCUT2D eigenvalue weighted by Gasteiger charge is -2.26. The fourth-order valence-corrected chi connectivity index (χ4v) is 4.56. The third-order valence-electron chi connectivity index (χ3n) is 6.36. The smallest absolute Gasteiger partial charge is 0.335 e. The van der Waals surface area contributed by atoms with Crippen LogP contribution in [0.1, 0.15) is 16.7 Å². The van der Waals surface area contributed by atoms with Gasteiger partial charge in [0, 0.05) is 22.7 Å². The predicted molar refractivity (Wildman–Crippen MR) is 160 cm³/mol. The van der Waals surface area contributed by atoms with E-state index >= 15 is 0 Å². The summed E-state index contributed by atoms with van der Waals surface area (Å²) < 4.78 is 11.5. The van der Waals surface area contributed by atoms with Gasteiger partial charge in [0.1, 0.15) is 30.3 Å². The Hall–Kier alpha value is -5.19. The average Bonchev–Trinajstić information content (AvgIpc) is 2.99. The first kappa shape index (κ1) is 29.3. The maximum absolute atomic E-state index is 13.3. The standard InChI is InChI=1S/C31H21Cl2N3O7/c32-26-4-2-1-3-21(26)18-42-24-12-10-22(11-13-24)35-30(38)25(29(37)34-31(35)39)15-20-7-14-28(27(33)16-20)43-17-19-5-8-23(9-6-19)36(40)41/h1-16H,17-18H2,(H,34,37,39)/b25-15+. The lowest BCUT2D eigenvalue weighted by Crippen LogP contribution is -2.54. The number of rotatable bonds is 9. The maximum Gasteiger partial charge on any atom is 0.335 e. The summed E-state index contributed by atoms with van der Waals surface area (Å²) in [5.41, 5.74) is 1.85. The molecule has 0 saturated carbocycles. The van der Waals surface area contributed by atoms with Gasteiger partial charge in [0.2, 0.25) is 0 Å². The molecule has 43 heavy (non-hydrogen) atoms. The van der Waals surface area contributed by atoms with Crippen molar-refractivity contribution in [2.75, 3.05) is 4.90 Å². The van der Waals surface area contributed by atoms with Crippen molar-refractivity contribution in [1.82, 2.24) is 5.32 Å².